The van der Waals surface area contributed by atoms with Gasteiger partial charge in [-0.2, -0.15) is 13.2 Å². The third kappa shape index (κ3) is 6.36. The van der Waals surface area contributed by atoms with Gasteiger partial charge in [0.15, 0.2) is 11.4 Å². The van der Waals surface area contributed by atoms with Crippen LogP contribution in [0.2, 0.25) is 0 Å². The molecule has 314 valence electrons. The van der Waals surface area contributed by atoms with E-state index >= 15 is 0 Å². The second-order valence-electron chi connectivity index (χ2n) is 16.6. The number of para-hydroxylation sites is 2. The molecule has 0 saturated carbocycles. The molecule has 0 radical (unpaired) electrons. The molecule has 4 nitrogen and oxygen atoms in total. The third-order valence-electron chi connectivity index (χ3n) is 12.9. The lowest BCUT2D eigenvalue weighted by molar-refractivity contribution is -0.137. The highest BCUT2D eigenvalue weighted by atomic mass is 19.4. The Labute approximate surface area is 379 Å². The van der Waals surface area contributed by atoms with Gasteiger partial charge in [0, 0.05) is 43.9 Å². The Morgan fingerprint density at radius 3 is 1.39 bits per heavy atom. The van der Waals surface area contributed by atoms with Gasteiger partial charge in [0.25, 0.3) is 0 Å². The summed E-state index contributed by atoms with van der Waals surface area (Å²) in [5, 5.41) is 4.09. The Hall–Kier alpha value is -8.65. The first kappa shape index (κ1) is 40.1. The summed E-state index contributed by atoms with van der Waals surface area (Å²) in [5.41, 5.74) is 13.2. The van der Waals surface area contributed by atoms with Crippen molar-refractivity contribution in [2.24, 2.45) is 0 Å². The second-order valence-corrected chi connectivity index (χ2v) is 16.6. The molecule has 0 spiro atoms. The highest BCUT2D eigenvalue weighted by molar-refractivity contribution is 6.14. The van der Waals surface area contributed by atoms with E-state index in [0.29, 0.717) is 39.3 Å². The molecule has 0 unspecified atom stereocenters. The molecular formula is C59H37F3N4. The fourth-order valence-corrected chi connectivity index (χ4v) is 9.90. The summed E-state index contributed by atoms with van der Waals surface area (Å²) in [5.74, 6) is 0. The lowest BCUT2D eigenvalue weighted by Gasteiger charge is -2.23. The first-order valence-electron chi connectivity index (χ1n) is 21.6. The Morgan fingerprint density at radius 2 is 0.864 bits per heavy atom. The van der Waals surface area contributed by atoms with E-state index in [2.05, 4.69) is 118 Å². The van der Waals surface area contributed by atoms with Crippen LogP contribution in [0.4, 0.5) is 24.5 Å². The van der Waals surface area contributed by atoms with Crippen LogP contribution in [0, 0.1) is 27.0 Å². The van der Waals surface area contributed by atoms with Gasteiger partial charge in [-0.3, -0.25) is 0 Å². The highest BCUT2D eigenvalue weighted by Crippen LogP contribution is 2.50. The summed E-state index contributed by atoms with van der Waals surface area (Å²) >= 11 is 0. The van der Waals surface area contributed by atoms with Gasteiger partial charge in [0.2, 0.25) is 0 Å². The third-order valence-corrected chi connectivity index (χ3v) is 12.9. The molecule has 11 aromatic rings. The maximum absolute atomic E-state index is 14.3. The minimum absolute atomic E-state index is 0.143. The molecule has 2 aromatic heterocycles. The van der Waals surface area contributed by atoms with Crippen LogP contribution in [0.3, 0.4) is 0 Å². The maximum atomic E-state index is 14.3. The first-order chi connectivity index (χ1) is 32.1. The Kier molecular flexibility index (Phi) is 9.46. The van der Waals surface area contributed by atoms with E-state index in [-0.39, 0.29) is 5.69 Å². The van der Waals surface area contributed by atoms with Crippen molar-refractivity contribution in [3.05, 3.63) is 228 Å². The summed E-state index contributed by atoms with van der Waals surface area (Å²) in [6.45, 7) is 21.2. The van der Waals surface area contributed by atoms with Crippen LogP contribution in [-0.4, -0.2) is 9.13 Å². The molecule has 9 aromatic carbocycles. The molecule has 2 heterocycles. The summed E-state index contributed by atoms with van der Waals surface area (Å²) < 4.78 is 47.1. The predicted octanol–water partition coefficient (Wildman–Crippen LogP) is 17.3. The maximum Gasteiger partial charge on any atom is 0.415 e. The number of fused-ring (bicyclic) bond motifs is 6. The smallest absolute Gasteiger partial charge is 0.310 e. The van der Waals surface area contributed by atoms with Crippen LogP contribution in [-0.2, 0) is 6.18 Å². The first-order valence-corrected chi connectivity index (χ1v) is 21.6. The molecule has 0 aliphatic carbocycles. The molecule has 11 rings (SSSR count). The number of hydrogen-bond donors (Lipinski definition) is 0. The topological polar surface area (TPSA) is 18.6 Å². The minimum atomic E-state index is -4.65. The monoisotopic (exact) mass is 858 g/mol. The van der Waals surface area contributed by atoms with Crippen LogP contribution in [0.15, 0.2) is 188 Å². The zero-order valence-electron chi connectivity index (χ0n) is 35.8. The van der Waals surface area contributed by atoms with E-state index in [1.807, 2.05) is 78.9 Å². The molecule has 0 aliphatic rings. The van der Waals surface area contributed by atoms with Crippen molar-refractivity contribution >= 4 is 55.0 Å². The van der Waals surface area contributed by atoms with E-state index in [0.717, 1.165) is 89.1 Å². The van der Waals surface area contributed by atoms with E-state index in [4.69, 9.17) is 13.1 Å². The van der Waals surface area contributed by atoms with Gasteiger partial charge in [0.05, 0.1) is 40.9 Å². The standard InChI is InChI=1S/C59H37F3N4/c1-36-15-5-7-17-41(36)38-27-31-53-47(33-38)44-19-9-11-23-51(44)65(53)55-25-13-21-46(43-30-29-40(59(60,61)62)35-50(43)64-4)57(55)58-49(63-3)22-14-26-56(58)66-52-24-12-10-20-45(52)48-34-39(28-32-54(48)66)42-18-8-6-16-37(42)2/h5-35H,1-2H3. The molecular weight excluding hydrogens is 822 g/mol. The number of rotatable bonds is 6. The van der Waals surface area contributed by atoms with E-state index in [1.165, 1.54) is 6.07 Å². The number of aryl methyl sites for hydroxylation is 2. The van der Waals surface area contributed by atoms with Gasteiger partial charge >= 0.3 is 6.18 Å². The number of alkyl halides is 3. The zero-order chi connectivity index (χ0) is 45.3. The minimum Gasteiger partial charge on any atom is -0.310 e. The van der Waals surface area contributed by atoms with Crippen LogP contribution in [0.5, 0.6) is 0 Å². The quantitative estimate of drug-likeness (QED) is 0.148. The van der Waals surface area contributed by atoms with Gasteiger partial charge in [-0.25, -0.2) is 9.69 Å². The van der Waals surface area contributed by atoms with Crippen molar-refractivity contribution in [3.8, 4) is 55.9 Å². The second kappa shape index (κ2) is 15.6. The molecule has 66 heavy (non-hydrogen) atoms. The molecule has 0 fully saturated rings. The largest absolute Gasteiger partial charge is 0.415 e. The number of nitrogens with zero attached hydrogens (tertiary/aromatic N) is 4. The summed E-state index contributed by atoms with van der Waals surface area (Å²) in [6.07, 6.45) is -4.65. The van der Waals surface area contributed by atoms with Gasteiger partial charge in [0.1, 0.15) is 0 Å². The van der Waals surface area contributed by atoms with Gasteiger partial charge in [-0.1, -0.05) is 133 Å². The fraction of sp³-hybridized carbons (Fsp3) is 0.0508. The van der Waals surface area contributed by atoms with Crippen molar-refractivity contribution in [3.63, 3.8) is 0 Å². The van der Waals surface area contributed by atoms with Gasteiger partial charge < -0.3 is 9.13 Å². The molecule has 0 aliphatic heterocycles. The lowest BCUT2D eigenvalue weighted by Crippen LogP contribution is -2.05. The van der Waals surface area contributed by atoms with Gasteiger partial charge in [-0.05, 0) is 113 Å². The average Bonchev–Trinajstić information content (AvgIpc) is 3.85. The van der Waals surface area contributed by atoms with Crippen LogP contribution < -0.4 is 0 Å². The lowest BCUT2D eigenvalue weighted by atomic mass is 9.89. The van der Waals surface area contributed by atoms with Crippen LogP contribution in [0.25, 0.3) is 109 Å². The van der Waals surface area contributed by atoms with Crippen LogP contribution >= 0.6 is 0 Å². The van der Waals surface area contributed by atoms with Crippen molar-refractivity contribution in [1.29, 1.82) is 0 Å². The zero-order valence-corrected chi connectivity index (χ0v) is 35.8. The van der Waals surface area contributed by atoms with Crippen molar-refractivity contribution in [1.82, 2.24) is 9.13 Å². The van der Waals surface area contributed by atoms with Crippen molar-refractivity contribution < 1.29 is 13.2 Å². The van der Waals surface area contributed by atoms with E-state index in [1.54, 1.807) is 6.07 Å². The number of halogens is 3. The number of benzene rings is 9. The van der Waals surface area contributed by atoms with Gasteiger partial charge in [-0.15, -0.1) is 0 Å². The Bertz CT molecular complexity index is 3870. The summed E-state index contributed by atoms with van der Waals surface area (Å²) in [6, 6.07) is 60.8. The summed E-state index contributed by atoms with van der Waals surface area (Å²) in [7, 11) is 0. The molecule has 0 atom stereocenters. The van der Waals surface area contributed by atoms with Crippen LogP contribution in [0.1, 0.15) is 16.7 Å². The predicted molar refractivity (Wildman–Crippen MR) is 264 cm³/mol. The highest BCUT2D eigenvalue weighted by Gasteiger charge is 2.32. The summed E-state index contributed by atoms with van der Waals surface area (Å²) in [4.78, 5) is 7.89. The average molecular weight is 859 g/mol. The van der Waals surface area contributed by atoms with Crippen molar-refractivity contribution in [2.45, 2.75) is 20.0 Å². The normalized spacial score (nSPS) is 11.7. The SMILES string of the molecule is [C-]#[N+]c1cc(C(F)(F)F)ccc1-c1cccc(-n2c3ccccc3c3cc(-c4ccccc4C)ccc32)c1-c1c([N+]#[C-])cccc1-n1c2ccccc2c2cc(-c3ccccc3C)ccc21. The van der Waals surface area contributed by atoms with E-state index in [9.17, 15) is 13.2 Å². The Balaban J connectivity index is 1.27. The molecule has 7 heteroatoms. The molecule has 0 bridgehead atoms. The Morgan fingerprint density at radius 1 is 0.394 bits per heavy atom. The molecule has 0 N–H and O–H groups in total. The molecule has 0 amide bonds. The molecule has 0 saturated heterocycles. The van der Waals surface area contributed by atoms with Crippen molar-refractivity contribution in [2.75, 3.05) is 0 Å². The fourth-order valence-electron chi connectivity index (χ4n) is 9.90. The number of hydrogen-bond acceptors (Lipinski definition) is 0. The number of aromatic nitrogens is 2. The van der Waals surface area contributed by atoms with E-state index < -0.39 is 11.7 Å².